The summed E-state index contributed by atoms with van der Waals surface area (Å²) in [5.41, 5.74) is 6.78. The highest BCUT2D eigenvalue weighted by molar-refractivity contribution is 5.96. The number of aromatic nitrogens is 1. The molecule has 104 valence electrons. The minimum Gasteiger partial charge on any atom is -0.462 e. The van der Waals surface area contributed by atoms with Crippen molar-refractivity contribution >= 4 is 17.5 Å². The van der Waals surface area contributed by atoms with Crippen LogP contribution < -0.4 is 11.1 Å². The Balaban J connectivity index is 1.98. The van der Waals surface area contributed by atoms with Crippen molar-refractivity contribution in [3.05, 3.63) is 17.8 Å². The summed E-state index contributed by atoms with van der Waals surface area (Å²) in [7, 11) is 0. The number of ether oxygens (including phenoxy) is 1. The lowest BCUT2D eigenvalue weighted by Gasteiger charge is -2.25. The van der Waals surface area contributed by atoms with Gasteiger partial charge in [0.2, 0.25) is 0 Å². The lowest BCUT2D eigenvalue weighted by molar-refractivity contribution is 0.0527. The Kier molecular flexibility index (Phi) is 4.60. The molecule has 1 aromatic heterocycles. The fraction of sp³-hybridized carbons (Fsp3) is 0.571. The lowest BCUT2D eigenvalue weighted by atomic mass is 9.83. The van der Waals surface area contributed by atoms with E-state index in [1.807, 2.05) is 0 Å². The fourth-order valence-corrected chi connectivity index (χ4v) is 2.18. The van der Waals surface area contributed by atoms with Crippen LogP contribution in [0.15, 0.2) is 12.3 Å². The molecule has 0 unspecified atom stereocenters. The van der Waals surface area contributed by atoms with Crippen LogP contribution in [0.3, 0.4) is 0 Å². The van der Waals surface area contributed by atoms with E-state index in [4.69, 9.17) is 10.5 Å². The molecule has 0 aromatic carbocycles. The summed E-state index contributed by atoms with van der Waals surface area (Å²) in [5, 5.41) is 3.26. The number of hydrogen-bond acceptors (Lipinski definition) is 5. The van der Waals surface area contributed by atoms with Gasteiger partial charge < -0.3 is 15.8 Å². The Hall–Kier alpha value is -1.78. The first-order chi connectivity index (χ1) is 9.20. The number of anilines is 2. The van der Waals surface area contributed by atoms with Crippen LogP contribution in [0, 0.1) is 5.92 Å². The molecule has 5 nitrogen and oxygen atoms in total. The van der Waals surface area contributed by atoms with Gasteiger partial charge >= 0.3 is 5.97 Å². The second-order valence-electron chi connectivity index (χ2n) is 4.89. The van der Waals surface area contributed by atoms with Crippen molar-refractivity contribution in [1.82, 2.24) is 4.98 Å². The minimum absolute atomic E-state index is 0.326. The number of nitrogens with zero attached hydrogens (tertiary/aromatic N) is 1. The SMILES string of the molecule is CCOC(=O)c1cc(N)ncc1NCCC1CCC1. The van der Waals surface area contributed by atoms with Crippen LogP contribution in [0.1, 0.15) is 43.0 Å². The monoisotopic (exact) mass is 263 g/mol. The van der Waals surface area contributed by atoms with E-state index in [2.05, 4.69) is 10.3 Å². The number of rotatable bonds is 6. The van der Waals surface area contributed by atoms with Crippen molar-refractivity contribution in [3.8, 4) is 0 Å². The summed E-state index contributed by atoms with van der Waals surface area (Å²) in [5.74, 6) is 0.802. The molecule has 5 heteroatoms. The van der Waals surface area contributed by atoms with Gasteiger partial charge in [-0.1, -0.05) is 19.3 Å². The maximum absolute atomic E-state index is 11.8. The van der Waals surface area contributed by atoms with Gasteiger partial charge in [-0.2, -0.15) is 0 Å². The molecule has 0 aliphatic heterocycles. The van der Waals surface area contributed by atoms with E-state index in [0.717, 1.165) is 18.9 Å². The largest absolute Gasteiger partial charge is 0.462 e. The molecule has 0 spiro atoms. The average Bonchev–Trinajstić information content (AvgIpc) is 2.34. The molecule has 0 bridgehead atoms. The van der Waals surface area contributed by atoms with Crippen LogP contribution in [0.4, 0.5) is 11.5 Å². The maximum atomic E-state index is 11.8. The zero-order valence-electron chi connectivity index (χ0n) is 11.3. The molecule has 1 aliphatic rings. The molecule has 0 atom stereocenters. The molecule has 0 saturated heterocycles. The van der Waals surface area contributed by atoms with Gasteiger partial charge in [-0.15, -0.1) is 0 Å². The number of hydrogen-bond donors (Lipinski definition) is 2. The van der Waals surface area contributed by atoms with Crippen LogP contribution in [-0.4, -0.2) is 24.1 Å². The predicted molar refractivity (Wildman–Crippen MR) is 75.1 cm³/mol. The summed E-state index contributed by atoms with van der Waals surface area (Å²) >= 11 is 0. The molecule has 0 amide bonds. The average molecular weight is 263 g/mol. The third-order valence-corrected chi connectivity index (χ3v) is 3.51. The lowest BCUT2D eigenvalue weighted by Crippen LogP contribution is -2.17. The first-order valence-corrected chi connectivity index (χ1v) is 6.87. The van der Waals surface area contributed by atoms with E-state index in [1.165, 1.54) is 19.3 Å². The quantitative estimate of drug-likeness (QED) is 0.771. The summed E-state index contributed by atoms with van der Waals surface area (Å²) in [6.45, 7) is 2.98. The highest BCUT2D eigenvalue weighted by Crippen LogP contribution is 2.29. The van der Waals surface area contributed by atoms with Crippen molar-refractivity contribution in [3.63, 3.8) is 0 Å². The molecular weight excluding hydrogens is 242 g/mol. The van der Waals surface area contributed by atoms with E-state index < -0.39 is 0 Å². The number of carbonyl (C=O) groups excluding carboxylic acids is 1. The van der Waals surface area contributed by atoms with E-state index in [9.17, 15) is 4.79 Å². The summed E-state index contributed by atoms with van der Waals surface area (Å²) < 4.78 is 5.02. The van der Waals surface area contributed by atoms with Crippen molar-refractivity contribution in [2.45, 2.75) is 32.6 Å². The molecule has 3 N–H and O–H groups in total. The molecule has 0 radical (unpaired) electrons. The van der Waals surface area contributed by atoms with Crippen LogP contribution in [0.2, 0.25) is 0 Å². The topological polar surface area (TPSA) is 77.2 Å². The third kappa shape index (κ3) is 3.59. The van der Waals surface area contributed by atoms with E-state index in [0.29, 0.717) is 23.7 Å². The number of nitrogens with two attached hydrogens (primary N) is 1. The second kappa shape index (κ2) is 6.41. The third-order valence-electron chi connectivity index (χ3n) is 3.51. The minimum atomic E-state index is -0.359. The van der Waals surface area contributed by atoms with Gasteiger partial charge in [0.25, 0.3) is 0 Å². The van der Waals surface area contributed by atoms with Gasteiger partial charge in [0, 0.05) is 6.54 Å². The Morgan fingerprint density at radius 1 is 1.58 bits per heavy atom. The van der Waals surface area contributed by atoms with Gasteiger partial charge in [-0.25, -0.2) is 9.78 Å². The summed E-state index contributed by atoms with van der Waals surface area (Å²) in [6.07, 6.45) is 6.73. The zero-order chi connectivity index (χ0) is 13.7. The predicted octanol–water partition coefficient (Wildman–Crippen LogP) is 2.44. The summed E-state index contributed by atoms with van der Waals surface area (Å²) in [6, 6.07) is 1.56. The van der Waals surface area contributed by atoms with Crippen LogP contribution in [0.5, 0.6) is 0 Å². The molecule has 1 heterocycles. The molecule has 1 fully saturated rings. The number of nitrogen functional groups attached to an aromatic ring is 1. The number of nitrogens with one attached hydrogen (secondary N) is 1. The fourth-order valence-electron chi connectivity index (χ4n) is 2.18. The van der Waals surface area contributed by atoms with Crippen LogP contribution in [-0.2, 0) is 4.74 Å². The number of esters is 1. The first kappa shape index (κ1) is 13.6. The van der Waals surface area contributed by atoms with Crippen molar-refractivity contribution < 1.29 is 9.53 Å². The second-order valence-corrected chi connectivity index (χ2v) is 4.89. The van der Waals surface area contributed by atoms with Gasteiger partial charge in [-0.05, 0) is 25.3 Å². The smallest absolute Gasteiger partial charge is 0.340 e. The normalized spacial score (nSPS) is 14.8. The van der Waals surface area contributed by atoms with Crippen molar-refractivity contribution in [2.75, 3.05) is 24.2 Å². The zero-order valence-corrected chi connectivity index (χ0v) is 11.3. The summed E-state index contributed by atoms with van der Waals surface area (Å²) in [4.78, 5) is 15.9. The Morgan fingerprint density at radius 2 is 2.37 bits per heavy atom. The highest BCUT2D eigenvalue weighted by Gasteiger charge is 2.18. The van der Waals surface area contributed by atoms with Gasteiger partial charge in [0.15, 0.2) is 0 Å². The van der Waals surface area contributed by atoms with E-state index >= 15 is 0 Å². The Bertz CT molecular complexity index is 444. The standard InChI is InChI=1S/C14H21N3O2/c1-2-19-14(18)11-8-13(15)17-9-12(11)16-7-6-10-4-3-5-10/h8-10,16H,2-7H2,1H3,(H2,15,17). The number of carbonyl (C=O) groups is 1. The van der Waals surface area contributed by atoms with Crippen LogP contribution in [0.25, 0.3) is 0 Å². The molecule has 1 saturated carbocycles. The van der Waals surface area contributed by atoms with Gasteiger partial charge in [0.05, 0.1) is 24.1 Å². The maximum Gasteiger partial charge on any atom is 0.340 e. The van der Waals surface area contributed by atoms with E-state index in [1.54, 1.807) is 19.2 Å². The number of pyridine rings is 1. The molecule has 1 aromatic rings. The van der Waals surface area contributed by atoms with Crippen LogP contribution >= 0.6 is 0 Å². The Labute approximate surface area is 113 Å². The van der Waals surface area contributed by atoms with Gasteiger partial charge in [0.1, 0.15) is 5.82 Å². The first-order valence-electron chi connectivity index (χ1n) is 6.87. The Morgan fingerprint density at radius 3 is 3.00 bits per heavy atom. The molecule has 1 aliphatic carbocycles. The molecular formula is C14H21N3O2. The van der Waals surface area contributed by atoms with Gasteiger partial charge in [-0.3, -0.25) is 0 Å². The van der Waals surface area contributed by atoms with Crippen molar-refractivity contribution in [2.24, 2.45) is 5.92 Å². The van der Waals surface area contributed by atoms with E-state index in [-0.39, 0.29) is 5.97 Å². The van der Waals surface area contributed by atoms with Crippen molar-refractivity contribution in [1.29, 1.82) is 0 Å². The highest BCUT2D eigenvalue weighted by atomic mass is 16.5. The molecule has 2 rings (SSSR count). The molecule has 19 heavy (non-hydrogen) atoms.